The van der Waals surface area contributed by atoms with E-state index in [2.05, 4.69) is 4.98 Å². The SMILES string of the molecule is NCCCC(=O)c1cnc(C(F)(F)F)s1. The molecule has 0 amide bonds. The molecule has 0 atom stereocenters. The number of Topliss-reactive ketones (excluding diaryl/α,β-unsaturated/α-hetero) is 1. The highest BCUT2D eigenvalue weighted by atomic mass is 32.1. The van der Waals surface area contributed by atoms with E-state index in [1.54, 1.807) is 0 Å². The number of nitrogens with zero attached hydrogens (tertiary/aromatic N) is 1. The molecule has 0 fully saturated rings. The first kappa shape index (κ1) is 12.1. The Labute approximate surface area is 88.1 Å². The van der Waals surface area contributed by atoms with E-state index in [-0.39, 0.29) is 17.1 Å². The summed E-state index contributed by atoms with van der Waals surface area (Å²) in [6, 6.07) is 0. The quantitative estimate of drug-likeness (QED) is 0.817. The molecule has 0 spiro atoms. The molecule has 0 saturated carbocycles. The maximum Gasteiger partial charge on any atom is 0.443 e. The number of carbonyl (C=O) groups is 1. The van der Waals surface area contributed by atoms with Crippen LogP contribution in [0.2, 0.25) is 0 Å². The number of hydrogen-bond acceptors (Lipinski definition) is 4. The average molecular weight is 238 g/mol. The van der Waals surface area contributed by atoms with E-state index in [0.717, 1.165) is 6.20 Å². The number of hydrogen-bond donors (Lipinski definition) is 1. The molecule has 84 valence electrons. The van der Waals surface area contributed by atoms with E-state index in [1.807, 2.05) is 0 Å². The number of nitrogens with two attached hydrogens (primary N) is 1. The standard InChI is InChI=1S/C8H9F3N2OS/c9-8(10,11)7-13-4-6(15-7)5(14)2-1-3-12/h4H,1-3,12H2. The molecular formula is C8H9F3N2OS. The molecule has 0 unspecified atom stereocenters. The first-order valence-corrected chi connectivity index (χ1v) is 5.03. The molecule has 0 radical (unpaired) electrons. The number of thiazole rings is 1. The van der Waals surface area contributed by atoms with Gasteiger partial charge in [0, 0.05) is 12.6 Å². The molecule has 0 aliphatic carbocycles. The van der Waals surface area contributed by atoms with E-state index < -0.39 is 11.2 Å². The minimum absolute atomic E-state index is 0.0378. The first-order chi connectivity index (χ1) is 6.95. The number of rotatable bonds is 4. The third-order valence-electron chi connectivity index (χ3n) is 1.63. The minimum Gasteiger partial charge on any atom is -0.330 e. The van der Waals surface area contributed by atoms with Crippen molar-refractivity contribution in [3.8, 4) is 0 Å². The molecule has 2 N–H and O–H groups in total. The maximum absolute atomic E-state index is 12.1. The normalized spacial score (nSPS) is 11.7. The summed E-state index contributed by atoms with van der Waals surface area (Å²) >= 11 is 0.372. The van der Waals surface area contributed by atoms with Crippen LogP contribution in [0.3, 0.4) is 0 Å². The summed E-state index contributed by atoms with van der Waals surface area (Å²) in [5.74, 6) is -0.339. The van der Waals surface area contributed by atoms with Crippen molar-refractivity contribution < 1.29 is 18.0 Å². The highest BCUT2D eigenvalue weighted by Crippen LogP contribution is 2.32. The summed E-state index contributed by atoms with van der Waals surface area (Å²) in [5.41, 5.74) is 5.18. The van der Waals surface area contributed by atoms with Gasteiger partial charge in [0.15, 0.2) is 10.8 Å². The third kappa shape index (κ3) is 3.28. The first-order valence-electron chi connectivity index (χ1n) is 4.21. The molecule has 0 saturated heterocycles. The molecule has 0 aliphatic rings. The van der Waals surface area contributed by atoms with E-state index in [9.17, 15) is 18.0 Å². The Morgan fingerprint density at radius 3 is 2.67 bits per heavy atom. The monoisotopic (exact) mass is 238 g/mol. The Kier molecular flexibility index (Phi) is 3.81. The predicted molar refractivity (Wildman–Crippen MR) is 49.7 cm³/mol. The highest BCUT2D eigenvalue weighted by Gasteiger charge is 2.35. The van der Waals surface area contributed by atoms with Gasteiger partial charge in [-0.15, -0.1) is 11.3 Å². The maximum atomic E-state index is 12.1. The summed E-state index contributed by atoms with van der Waals surface area (Å²) in [5, 5.41) is -0.987. The fourth-order valence-electron chi connectivity index (χ4n) is 0.920. The van der Waals surface area contributed by atoms with Gasteiger partial charge in [-0.2, -0.15) is 13.2 Å². The van der Waals surface area contributed by atoms with Crippen molar-refractivity contribution in [3.05, 3.63) is 16.1 Å². The molecule has 1 aromatic rings. The summed E-state index contributed by atoms with van der Waals surface area (Å²) < 4.78 is 36.4. The van der Waals surface area contributed by atoms with Crippen LogP contribution in [0.25, 0.3) is 0 Å². The Bertz CT molecular complexity index is 348. The Morgan fingerprint density at radius 1 is 1.53 bits per heavy atom. The lowest BCUT2D eigenvalue weighted by Gasteiger charge is -1.98. The molecule has 7 heteroatoms. The Hall–Kier alpha value is -0.950. The zero-order chi connectivity index (χ0) is 11.5. The van der Waals surface area contributed by atoms with E-state index in [4.69, 9.17) is 5.73 Å². The topological polar surface area (TPSA) is 56.0 Å². The van der Waals surface area contributed by atoms with Gasteiger partial charge in [-0.05, 0) is 13.0 Å². The fraction of sp³-hybridized carbons (Fsp3) is 0.500. The number of aromatic nitrogens is 1. The molecule has 0 aromatic carbocycles. The van der Waals surface area contributed by atoms with Crippen LogP contribution < -0.4 is 5.73 Å². The van der Waals surface area contributed by atoms with E-state index in [1.165, 1.54) is 0 Å². The second-order valence-corrected chi connectivity index (χ2v) is 3.87. The Balaban J connectivity index is 2.72. The zero-order valence-corrected chi connectivity index (χ0v) is 8.49. The van der Waals surface area contributed by atoms with Gasteiger partial charge in [-0.1, -0.05) is 0 Å². The van der Waals surface area contributed by atoms with Crippen LogP contribution in [0.1, 0.15) is 27.5 Å². The third-order valence-corrected chi connectivity index (χ3v) is 2.71. The van der Waals surface area contributed by atoms with E-state index in [0.29, 0.717) is 24.3 Å². The predicted octanol–water partition coefficient (Wildman–Crippen LogP) is 2.08. The Morgan fingerprint density at radius 2 is 2.20 bits per heavy atom. The van der Waals surface area contributed by atoms with Crippen LogP contribution in [-0.4, -0.2) is 17.3 Å². The molecule has 1 aromatic heterocycles. The lowest BCUT2D eigenvalue weighted by molar-refractivity contribution is -0.137. The summed E-state index contributed by atoms with van der Waals surface area (Å²) in [6.45, 7) is 0.344. The van der Waals surface area contributed by atoms with Crippen molar-refractivity contribution in [1.29, 1.82) is 0 Å². The van der Waals surface area contributed by atoms with Crippen molar-refractivity contribution in [3.63, 3.8) is 0 Å². The number of ketones is 1. The van der Waals surface area contributed by atoms with E-state index >= 15 is 0 Å². The van der Waals surface area contributed by atoms with Gasteiger partial charge >= 0.3 is 6.18 Å². The van der Waals surface area contributed by atoms with Crippen molar-refractivity contribution >= 4 is 17.1 Å². The van der Waals surface area contributed by atoms with Gasteiger partial charge in [0.05, 0.1) is 4.88 Å². The molecule has 1 heterocycles. The van der Waals surface area contributed by atoms with Crippen LogP contribution in [-0.2, 0) is 6.18 Å². The number of alkyl halides is 3. The lowest BCUT2D eigenvalue weighted by Crippen LogP contribution is -2.04. The number of halogens is 3. The largest absolute Gasteiger partial charge is 0.443 e. The van der Waals surface area contributed by atoms with Crippen molar-refractivity contribution in [1.82, 2.24) is 4.98 Å². The summed E-state index contributed by atoms with van der Waals surface area (Å²) in [6.07, 6.45) is -2.88. The summed E-state index contributed by atoms with van der Waals surface area (Å²) in [7, 11) is 0. The molecule has 3 nitrogen and oxygen atoms in total. The van der Waals surface area contributed by atoms with Gasteiger partial charge in [0.1, 0.15) is 0 Å². The van der Waals surface area contributed by atoms with Crippen LogP contribution in [0, 0.1) is 0 Å². The molecular weight excluding hydrogens is 229 g/mol. The second-order valence-electron chi connectivity index (χ2n) is 2.84. The van der Waals surface area contributed by atoms with Crippen LogP contribution >= 0.6 is 11.3 Å². The van der Waals surface area contributed by atoms with Crippen molar-refractivity contribution in [2.45, 2.75) is 19.0 Å². The van der Waals surface area contributed by atoms with Crippen molar-refractivity contribution in [2.75, 3.05) is 6.54 Å². The summed E-state index contributed by atoms with van der Waals surface area (Å²) in [4.78, 5) is 14.5. The fourth-order valence-corrected chi connectivity index (χ4v) is 1.67. The second kappa shape index (κ2) is 4.71. The molecule has 0 aliphatic heterocycles. The van der Waals surface area contributed by atoms with Gasteiger partial charge in [0.25, 0.3) is 0 Å². The van der Waals surface area contributed by atoms with Gasteiger partial charge in [-0.3, -0.25) is 4.79 Å². The zero-order valence-electron chi connectivity index (χ0n) is 7.67. The van der Waals surface area contributed by atoms with Gasteiger partial charge < -0.3 is 5.73 Å². The lowest BCUT2D eigenvalue weighted by atomic mass is 10.2. The van der Waals surface area contributed by atoms with Crippen LogP contribution in [0.4, 0.5) is 13.2 Å². The minimum atomic E-state index is -4.48. The van der Waals surface area contributed by atoms with Gasteiger partial charge in [0.2, 0.25) is 0 Å². The van der Waals surface area contributed by atoms with Crippen LogP contribution in [0.15, 0.2) is 6.20 Å². The average Bonchev–Trinajstić information content (AvgIpc) is 2.62. The number of carbonyl (C=O) groups excluding carboxylic acids is 1. The van der Waals surface area contributed by atoms with Gasteiger partial charge in [-0.25, -0.2) is 4.98 Å². The molecule has 0 bridgehead atoms. The van der Waals surface area contributed by atoms with Crippen molar-refractivity contribution in [2.24, 2.45) is 5.73 Å². The molecule has 1 rings (SSSR count). The smallest absolute Gasteiger partial charge is 0.330 e. The van der Waals surface area contributed by atoms with Crippen LogP contribution in [0.5, 0.6) is 0 Å². The highest BCUT2D eigenvalue weighted by molar-refractivity contribution is 7.13. The molecule has 15 heavy (non-hydrogen) atoms.